The van der Waals surface area contributed by atoms with Gasteiger partial charge in [0.2, 0.25) is 0 Å². The van der Waals surface area contributed by atoms with E-state index in [1.54, 1.807) is 12.1 Å². The Morgan fingerprint density at radius 3 is 2.58 bits per heavy atom. The third-order valence-corrected chi connectivity index (χ3v) is 4.22. The van der Waals surface area contributed by atoms with Crippen LogP contribution in [0.15, 0.2) is 24.3 Å². The lowest BCUT2D eigenvalue weighted by Crippen LogP contribution is -2.31. The molecule has 1 aliphatic rings. The molecule has 1 saturated heterocycles. The molecule has 0 aromatic heterocycles. The second-order valence-electron chi connectivity index (χ2n) is 6.22. The zero-order valence-electron chi connectivity index (χ0n) is 11.8. The number of benzene rings is 1. The Bertz CT molecular complexity index is 439. The normalized spacial score (nSPS) is 19.9. The van der Waals surface area contributed by atoms with Crippen LogP contribution in [0.1, 0.15) is 43.5 Å². The zero-order valence-corrected chi connectivity index (χ0v) is 12.5. The van der Waals surface area contributed by atoms with Crippen molar-refractivity contribution in [1.82, 2.24) is 4.90 Å². The maximum atomic E-state index is 12.2. The Labute approximate surface area is 120 Å². The molecule has 0 unspecified atom stereocenters. The summed E-state index contributed by atoms with van der Waals surface area (Å²) in [7, 11) is 0. The van der Waals surface area contributed by atoms with Gasteiger partial charge < -0.3 is 0 Å². The summed E-state index contributed by atoms with van der Waals surface area (Å²) in [6, 6.07) is 7.18. The SMILES string of the molecule is CC1(C)CCCN(CC(=O)c2ccc(Cl)cc2)CC1. The number of rotatable bonds is 3. The Hall–Kier alpha value is -0.860. The van der Waals surface area contributed by atoms with E-state index in [1.165, 1.54) is 19.3 Å². The van der Waals surface area contributed by atoms with Crippen LogP contribution in [0.2, 0.25) is 5.02 Å². The van der Waals surface area contributed by atoms with Crippen molar-refractivity contribution in [2.75, 3.05) is 19.6 Å². The molecule has 0 saturated carbocycles. The van der Waals surface area contributed by atoms with Crippen LogP contribution in [0, 0.1) is 5.41 Å². The van der Waals surface area contributed by atoms with Gasteiger partial charge in [0, 0.05) is 10.6 Å². The molecule has 0 atom stereocenters. The smallest absolute Gasteiger partial charge is 0.176 e. The molecule has 1 fully saturated rings. The van der Waals surface area contributed by atoms with Crippen LogP contribution in [0.3, 0.4) is 0 Å². The van der Waals surface area contributed by atoms with Crippen LogP contribution in [-0.4, -0.2) is 30.3 Å². The fraction of sp³-hybridized carbons (Fsp3) is 0.562. The summed E-state index contributed by atoms with van der Waals surface area (Å²) in [4.78, 5) is 14.5. The summed E-state index contributed by atoms with van der Waals surface area (Å²) in [5.41, 5.74) is 1.17. The molecule has 2 rings (SSSR count). The minimum absolute atomic E-state index is 0.191. The van der Waals surface area contributed by atoms with Crippen LogP contribution < -0.4 is 0 Å². The van der Waals surface area contributed by atoms with E-state index in [0.717, 1.165) is 18.7 Å². The molecule has 0 amide bonds. The first-order chi connectivity index (χ1) is 8.96. The summed E-state index contributed by atoms with van der Waals surface area (Å²) >= 11 is 5.84. The topological polar surface area (TPSA) is 20.3 Å². The number of halogens is 1. The van der Waals surface area contributed by atoms with Crippen molar-refractivity contribution in [3.8, 4) is 0 Å². The molecule has 0 aliphatic carbocycles. The lowest BCUT2D eigenvalue weighted by molar-refractivity contribution is 0.0930. The molecule has 104 valence electrons. The van der Waals surface area contributed by atoms with Gasteiger partial charge in [0.15, 0.2) is 5.78 Å². The van der Waals surface area contributed by atoms with Gasteiger partial charge in [-0.15, -0.1) is 0 Å². The number of nitrogens with zero attached hydrogens (tertiary/aromatic N) is 1. The van der Waals surface area contributed by atoms with Gasteiger partial charge in [0.25, 0.3) is 0 Å². The fourth-order valence-electron chi connectivity index (χ4n) is 2.57. The molecule has 2 nitrogen and oxygen atoms in total. The monoisotopic (exact) mass is 279 g/mol. The lowest BCUT2D eigenvalue weighted by atomic mass is 9.85. The highest BCUT2D eigenvalue weighted by Crippen LogP contribution is 2.29. The van der Waals surface area contributed by atoms with Crippen LogP contribution >= 0.6 is 11.6 Å². The average Bonchev–Trinajstić information content (AvgIpc) is 2.52. The van der Waals surface area contributed by atoms with E-state index >= 15 is 0 Å². The minimum Gasteiger partial charge on any atom is -0.296 e. The molecule has 0 N–H and O–H groups in total. The highest BCUT2D eigenvalue weighted by molar-refractivity contribution is 6.30. The molecule has 1 heterocycles. The van der Waals surface area contributed by atoms with E-state index in [1.807, 2.05) is 12.1 Å². The largest absolute Gasteiger partial charge is 0.296 e. The van der Waals surface area contributed by atoms with Crippen LogP contribution in [0.25, 0.3) is 0 Å². The molecule has 1 aromatic carbocycles. The fourth-order valence-corrected chi connectivity index (χ4v) is 2.69. The van der Waals surface area contributed by atoms with Crippen molar-refractivity contribution in [2.45, 2.75) is 33.1 Å². The third kappa shape index (κ3) is 4.32. The van der Waals surface area contributed by atoms with Gasteiger partial charge in [-0.25, -0.2) is 0 Å². The Balaban J connectivity index is 1.93. The van der Waals surface area contributed by atoms with Gasteiger partial charge in [0.1, 0.15) is 0 Å². The van der Waals surface area contributed by atoms with E-state index in [4.69, 9.17) is 11.6 Å². The van der Waals surface area contributed by atoms with Crippen molar-refractivity contribution in [3.05, 3.63) is 34.9 Å². The van der Waals surface area contributed by atoms with Crippen LogP contribution in [0.4, 0.5) is 0 Å². The second-order valence-corrected chi connectivity index (χ2v) is 6.66. The predicted octanol–water partition coefficient (Wildman–Crippen LogP) is 4.03. The van der Waals surface area contributed by atoms with Crippen molar-refractivity contribution >= 4 is 17.4 Å². The van der Waals surface area contributed by atoms with E-state index in [2.05, 4.69) is 18.7 Å². The summed E-state index contributed by atoms with van der Waals surface area (Å²) in [6.07, 6.45) is 3.60. The summed E-state index contributed by atoms with van der Waals surface area (Å²) in [5.74, 6) is 0.191. The molecule has 3 heteroatoms. The van der Waals surface area contributed by atoms with E-state index < -0.39 is 0 Å². The molecule has 19 heavy (non-hydrogen) atoms. The number of ketones is 1. The quantitative estimate of drug-likeness (QED) is 0.779. The molecule has 1 aromatic rings. The van der Waals surface area contributed by atoms with Crippen molar-refractivity contribution in [3.63, 3.8) is 0 Å². The molecule has 0 bridgehead atoms. The molecular formula is C16H22ClNO. The van der Waals surface area contributed by atoms with E-state index in [0.29, 0.717) is 17.0 Å². The zero-order chi connectivity index (χ0) is 13.9. The molecular weight excluding hydrogens is 258 g/mol. The Kier molecular flexibility index (Phi) is 4.64. The molecule has 0 spiro atoms. The van der Waals surface area contributed by atoms with Gasteiger partial charge in [-0.2, -0.15) is 0 Å². The van der Waals surface area contributed by atoms with E-state index in [9.17, 15) is 4.79 Å². The first-order valence-corrected chi connectivity index (χ1v) is 7.35. The van der Waals surface area contributed by atoms with Gasteiger partial charge in [0.05, 0.1) is 6.54 Å². The van der Waals surface area contributed by atoms with Crippen LogP contribution in [0.5, 0.6) is 0 Å². The molecule has 0 radical (unpaired) electrons. The first kappa shape index (κ1) is 14.5. The maximum absolute atomic E-state index is 12.2. The lowest BCUT2D eigenvalue weighted by Gasteiger charge is -2.22. The maximum Gasteiger partial charge on any atom is 0.176 e. The van der Waals surface area contributed by atoms with Crippen molar-refractivity contribution in [2.24, 2.45) is 5.41 Å². The van der Waals surface area contributed by atoms with Crippen molar-refractivity contribution < 1.29 is 4.79 Å². The van der Waals surface area contributed by atoms with Crippen molar-refractivity contribution in [1.29, 1.82) is 0 Å². The predicted molar refractivity (Wildman–Crippen MR) is 79.9 cm³/mol. The number of Topliss-reactive ketones (excluding diaryl/α,β-unsaturated/α-hetero) is 1. The van der Waals surface area contributed by atoms with E-state index in [-0.39, 0.29) is 5.78 Å². The van der Waals surface area contributed by atoms with Gasteiger partial charge in [-0.1, -0.05) is 25.4 Å². The summed E-state index contributed by atoms with van der Waals surface area (Å²) < 4.78 is 0. The average molecular weight is 280 g/mol. The standard InChI is InChI=1S/C16H22ClNO/c1-16(2)8-3-10-18(11-9-16)12-15(19)13-4-6-14(17)7-5-13/h4-7H,3,8-12H2,1-2H3. The summed E-state index contributed by atoms with van der Waals surface area (Å²) in [6.45, 7) is 7.21. The number of hydrogen-bond acceptors (Lipinski definition) is 2. The Morgan fingerprint density at radius 2 is 1.89 bits per heavy atom. The van der Waals surface area contributed by atoms with Gasteiger partial charge in [-0.05, 0) is 62.0 Å². The second kappa shape index (κ2) is 6.06. The van der Waals surface area contributed by atoms with Gasteiger partial charge in [-0.3, -0.25) is 9.69 Å². The number of likely N-dealkylation sites (tertiary alicyclic amines) is 1. The molecule has 1 aliphatic heterocycles. The van der Waals surface area contributed by atoms with Crippen LogP contribution in [-0.2, 0) is 0 Å². The number of carbonyl (C=O) groups excluding carboxylic acids is 1. The third-order valence-electron chi connectivity index (χ3n) is 3.97. The Morgan fingerprint density at radius 1 is 1.21 bits per heavy atom. The number of carbonyl (C=O) groups is 1. The van der Waals surface area contributed by atoms with Gasteiger partial charge >= 0.3 is 0 Å². The summed E-state index contributed by atoms with van der Waals surface area (Å²) in [5, 5.41) is 0.674. The highest BCUT2D eigenvalue weighted by atomic mass is 35.5. The first-order valence-electron chi connectivity index (χ1n) is 6.97. The minimum atomic E-state index is 0.191. The number of hydrogen-bond donors (Lipinski definition) is 0. The highest BCUT2D eigenvalue weighted by Gasteiger charge is 2.24.